The van der Waals surface area contributed by atoms with Crippen molar-refractivity contribution in [3.8, 4) is 0 Å². The Kier molecular flexibility index (Phi) is 2.81. The normalized spacial score (nSPS) is 12.4. The second-order valence-corrected chi connectivity index (χ2v) is 5.20. The summed E-state index contributed by atoms with van der Waals surface area (Å²) in [6.45, 7) is 0. The van der Waals surface area contributed by atoms with E-state index in [-0.39, 0.29) is 4.76 Å². The van der Waals surface area contributed by atoms with Gasteiger partial charge in [-0.3, -0.25) is 0 Å². The topological polar surface area (TPSA) is 56.1 Å². The molecule has 0 atom stereocenters. The molecule has 104 valence electrons. The molecule has 0 aliphatic carbocycles. The van der Waals surface area contributed by atoms with Gasteiger partial charge in [-0.15, -0.1) is 10.1 Å². The van der Waals surface area contributed by atoms with E-state index in [4.69, 9.17) is 4.94 Å². The molecule has 20 heavy (non-hydrogen) atoms. The summed E-state index contributed by atoms with van der Waals surface area (Å²) < 4.78 is 0.174. The molecule has 0 aliphatic rings. The Morgan fingerprint density at radius 1 is 1.20 bits per heavy atom. The van der Waals surface area contributed by atoms with Crippen LogP contribution in [0.5, 0.6) is 0 Å². The molecule has 0 amide bonds. The van der Waals surface area contributed by atoms with Gasteiger partial charge in [0.2, 0.25) is 5.65 Å². The Morgan fingerprint density at radius 3 is 2.70 bits per heavy atom. The highest BCUT2D eigenvalue weighted by atomic mass is 16.9. The largest absolute Gasteiger partial charge is 0.231 e. The molecule has 0 N–H and O–H groups in total. The summed E-state index contributed by atoms with van der Waals surface area (Å²) in [6, 6.07) is 7.95. The monoisotopic (exact) mass is 273 g/mol. The molecular formula is C13H17N6O+. The fraction of sp³-hybridized carbons (Fsp3) is 0.308. The van der Waals surface area contributed by atoms with Gasteiger partial charge in [0, 0.05) is 35.9 Å². The van der Waals surface area contributed by atoms with Crippen LogP contribution in [0.15, 0.2) is 30.5 Å². The Bertz CT molecular complexity index is 764. The summed E-state index contributed by atoms with van der Waals surface area (Å²) in [5, 5.41) is 12.2. The minimum absolute atomic E-state index is 0.174. The molecule has 3 aromatic rings. The maximum Gasteiger partial charge on any atom is 0.226 e. The molecule has 1 aromatic carbocycles. The van der Waals surface area contributed by atoms with E-state index < -0.39 is 0 Å². The number of aromatic nitrogens is 4. The maximum absolute atomic E-state index is 5.81. The van der Waals surface area contributed by atoms with Crippen LogP contribution in [0.2, 0.25) is 0 Å². The molecule has 2 aromatic heterocycles. The van der Waals surface area contributed by atoms with E-state index in [0.717, 1.165) is 16.3 Å². The van der Waals surface area contributed by atoms with Gasteiger partial charge in [0.25, 0.3) is 0 Å². The predicted molar refractivity (Wildman–Crippen MR) is 75.2 cm³/mol. The molecule has 0 spiro atoms. The number of pyridine rings is 1. The number of hydrogen-bond acceptors (Lipinski definition) is 5. The highest BCUT2D eigenvalue weighted by Crippen LogP contribution is 2.20. The van der Waals surface area contributed by atoms with Crippen molar-refractivity contribution in [1.29, 1.82) is 0 Å². The third kappa shape index (κ3) is 1.97. The van der Waals surface area contributed by atoms with Gasteiger partial charge in [-0.1, -0.05) is 24.3 Å². The first kappa shape index (κ1) is 12.8. The number of hydroxylamine groups is 2. The van der Waals surface area contributed by atoms with E-state index in [2.05, 4.69) is 15.3 Å². The summed E-state index contributed by atoms with van der Waals surface area (Å²) in [6.07, 6.45) is 1.80. The van der Waals surface area contributed by atoms with Crippen LogP contribution in [0.25, 0.3) is 21.9 Å². The van der Waals surface area contributed by atoms with Crippen molar-refractivity contribution in [1.82, 2.24) is 25.2 Å². The van der Waals surface area contributed by atoms with Crippen LogP contribution in [0.4, 0.5) is 0 Å². The standard InChI is InChI=1S/C13H17N6O/c1-17(2)19(3,4)20-18-13-12(15-16-18)11-8-6-5-7-10(11)9-14-13/h5-9H,1-4H3/q+1. The van der Waals surface area contributed by atoms with Crippen LogP contribution < -0.4 is 4.94 Å². The first-order valence-corrected chi connectivity index (χ1v) is 6.30. The Morgan fingerprint density at radius 2 is 1.95 bits per heavy atom. The number of nitrogens with zero attached hydrogens (tertiary/aromatic N) is 6. The van der Waals surface area contributed by atoms with Crippen molar-refractivity contribution in [2.75, 3.05) is 28.2 Å². The van der Waals surface area contributed by atoms with Gasteiger partial charge in [-0.05, 0) is 9.97 Å². The number of rotatable bonds is 3. The van der Waals surface area contributed by atoms with Gasteiger partial charge >= 0.3 is 0 Å². The third-order valence-electron chi connectivity index (χ3n) is 3.40. The van der Waals surface area contributed by atoms with Crippen molar-refractivity contribution in [2.45, 2.75) is 0 Å². The molecule has 2 heterocycles. The number of benzene rings is 1. The van der Waals surface area contributed by atoms with Crippen molar-refractivity contribution in [3.05, 3.63) is 30.5 Å². The van der Waals surface area contributed by atoms with Crippen LogP contribution in [0.1, 0.15) is 0 Å². The summed E-state index contributed by atoms with van der Waals surface area (Å²) in [5.41, 5.74) is 1.35. The molecular weight excluding hydrogens is 256 g/mol. The first-order chi connectivity index (χ1) is 9.49. The molecule has 0 fully saturated rings. The minimum atomic E-state index is 0.174. The lowest BCUT2D eigenvalue weighted by Crippen LogP contribution is -2.56. The lowest BCUT2D eigenvalue weighted by molar-refractivity contribution is -1.15. The van der Waals surface area contributed by atoms with E-state index in [0.29, 0.717) is 5.65 Å². The van der Waals surface area contributed by atoms with E-state index in [9.17, 15) is 0 Å². The van der Waals surface area contributed by atoms with Crippen LogP contribution in [-0.4, -0.2) is 58.1 Å². The fourth-order valence-electron chi connectivity index (χ4n) is 1.82. The average molecular weight is 273 g/mol. The van der Waals surface area contributed by atoms with E-state index in [1.807, 2.05) is 57.5 Å². The number of quaternary nitrogens is 1. The number of fused-ring (bicyclic) bond motifs is 3. The second kappa shape index (κ2) is 4.39. The van der Waals surface area contributed by atoms with Crippen molar-refractivity contribution in [3.63, 3.8) is 0 Å². The van der Waals surface area contributed by atoms with Crippen LogP contribution >= 0.6 is 0 Å². The van der Waals surface area contributed by atoms with Crippen LogP contribution in [-0.2, 0) is 0 Å². The van der Waals surface area contributed by atoms with Crippen molar-refractivity contribution in [2.24, 2.45) is 0 Å². The van der Waals surface area contributed by atoms with E-state index in [1.165, 1.54) is 4.85 Å². The smallest absolute Gasteiger partial charge is 0.226 e. The zero-order valence-corrected chi connectivity index (χ0v) is 12.0. The molecule has 7 heteroatoms. The SMILES string of the molecule is CN(C)[N+](C)(C)On1nnc2c3ccccc3cnc21. The van der Waals surface area contributed by atoms with E-state index >= 15 is 0 Å². The highest BCUT2D eigenvalue weighted by Gasteiger charge is 2.25. The Balaban J connectivity index is 2.13. The fourth-order valence-corrected chi connectivity index (χ4v) is 1.82. The Hall–Kier alpha value is -2.25. The molecule has 0 saturated heterocycles. The molecule has 3 rings (SSSR count). The van der Waals surface area contributed by atoms with Gasteiger partial charge in [0.1, 0.15) is 19.6 Å². The predicted octanol–water partition coefficient (Wildman–Crippen LogP) is 0.876. The lowest BCUT2D eigenvalue weighted by atomic mass is 10.1. The minimum Gasteiger partial charge on any atom is -0.231 e. The second-order valence-electron chi connectivity index (χ2n) is 5.20. The van der Waals surface area contributed by atoms with Gasteiger partial charge in [0.05, 0.1) is 0 Å². The van der Waals surface area contributed by atoms with Gasteiger partial charge in [-0.2, -0.15) is 4.94 Å². The van der Waals surface area contributed by atoms with Gasteiger partial charge in [0.15, 0.2) is 0 Å². The van der Waals surface area contributed by atoms with Gasteiger partial charge < -0.3 is 0 Å². The molecule has 0 saturated carbocycles. The van der Waals surface area contributed by atoms with E-state index in [1.54, 1.807) is 6.20 Å². The Labute approximate surface area is 116 Å². The number of hydrogen-bond donors (Lipinski definition) is 0. The molecule has 0 aliphatic heterocycles. The third-order valence-corrected chi connectivity index (χ3v) is 3.40. The lowest BCUT2D eigenvalue weighted by Gasteiger charge is -2.29. The molecule has 0 unspecified atom stereocenters. The summed E-state index contributed by atoms with van der Waals surface area (Å²) in [4.78, 5) is 11.6. The molecule has 7 nitrogen and oxygen atoms in total. The summed E-state index contributed by atoms with van der Waals surface area (Å²) >= 11 is 0. The summed E-state index contributed by atoms with van der Waals surface area (Å²) in [5.74, 6) is 0. The molecule has 0 bridgehead atoms. The van der Waals surface area contributed by atoms with Gasteiger partial charge in [-0.25, -0.2) is 4.98 Å². The summed E-state index contributed by atoms with van der Waals surface area (Å²) in [7, 11) is 7.63. The van der Waals surface area contributed by atoms with Crippen molar-refractivity contribution >= 4 is 21.9 Å². The first-order valence-electron chi connectivity index (χ1n) is 6.30. The zero-order valence-electron chi connectivity index (χ0n) is 12.0. The van der Waals surface area contributed by atoms with Crippen LogP contribution in [0, 0.1) is 0 Å². The molecule has 0 radical (unpaired) electrons. The zero-order chi connectivity index (χ0) is 14.3. The van der Waals surface area contributed by atoms with Crippen LogP contribution in [0.3, 0.4) is 0 Å². The maximum atomic E-state index is 5.81. The average Bonchev–Trinajstić information content (AvgIpc) is 2.81. The van der Waals surface area contributed by atoms with Crippen molar-refractivity contribution < 1.29 is 9.69 Å². The highest BCUT2D eigenvalue weighted by molar-refractivity contribution is 6.01. The quantitative estimate of drug-likeness (QED) is 0.523.